The normalized spacial score (nSPS) is 11.0. The standard InChI is InChI=1S/C11H12OS.C2H6/c1-11(2,12)9-7-13-10-6-4-3-5-8(9)10;1-2/h3-7,12H,1-2H3;1-2H3. The zero-order valence-corrected chi connectivity index (χ0v) is 10.6. The topological polar surface area (TPSA) is 20.2 Å². The summed E-state index contributed by atoms with van der Waals surface area (Å²) in [5.41, 5.74) is 0.285. The van der Waals surface area contributed by atoms with E-state index in [1.165, 1.54) is 10.1 Å². The molecule has 1 N–H and O–H groups in total. The second-order valence-corrected chi connectivity index (χ2v) is 4.62. The summed E-state index contributed by atoms with van der Waals surface area (Å²) in [6, 6.07) is 8.16. The van der Waals surface area contributed by atoms with Gasteiger partial charge in [0.25, 0.3) is 0 Å². The molecule has 0 spiro atoms. The van der Waals surface area contributed by atoms with Gasteiger partial charge in [0.15, 0.2) is 0 Å². The number of fused-ring (bicyclic) bond motifs is 1. The summed E-state index contributed by atoms with van der Waals surface area (Å²) in [5, 5.41) is 13.1. The molecule has 1 aromatic carbocycles. The van der Waals surface area contributed by atoms with E-state index in [1.807, 2.05) is 45.2 Å². The highest BCUT2D eigenvalue weighted by molar-refractivity contribution is 7.17. The highest BCUT2D eigenvalue weighted by Crippen LogP contribution is 2.32. The fourth-order valence-corrected chi connectivity index (χ4v) is 2.57. The van der Waals surface area contributed by atoms with Crippen LogP contribution in [0.5, 0.6) is 0 Å². The fourth-order valence-electron chi connectivity index (χ4n) is 1.45. The molecule has 82 valence electrons. The molecule has 0 aliphatic rings. The lowest BCUT2D eigenvalue weighted by Gasteiger charge is -2.16. The van der Waals surface area contributed by atoms with Crippen LogP contribution in [0, 0.1) is 0 Å². The summed E-state index contributed by atoms with van der Waals surface area (Å²) in [5.74, 6) is 0. The Morgan fingerprint density at radius 3 is 2.33 bits per heavy atom. The molecule has 2 aromatic rings. The summed E-state index contributed by atoms with van der Waals surface area (Å²) < 4.78 is 1.24. The lowest BCUT2D eigenvalue weighted by Crippen LogP contribution is -2.14. The molecule has 0 saturated heterocycles. The summed E-state index contributed by atoms with van der Waals surface area (Å²) in [4.78, 5) is 0. The minimum absolute atomic E-state index is 0.737. The molecule has 2 heteroatoms. The van der Waals surface area contributed by atoms with Gasteiger partial charge in [-0.3, -0.25) is 0 Å². The van der Waals surface area contributed by atoms with E-state index in [0.29, 0.717) is 0 Å². The van der Waals surface area contributed by atoms with E-state index in [9.17, 15) is 5.11 Å². The second kappa shape index (κ2) is 4.77. The molecule has 0 aliphatic carbocycles. The predicted octanol–water partition coefficient (Wildman–Crippen LogP) is 4.15. The van der Waals surface area contributed by atoms with Crippen LogP contribution in [0.15, 0.2) is 29.6 Å². The van der Waals surface area contributed by atoms with Crippen molar-refractivity contribution in [2.24, 2.45) is 0 Å². The Balaban J connectivity index is 0.000000531. The van der Waals surface area contributed by atoms with Crippen molar-refractivity contribution in [2.45, 2.75) is 33.3 Å². The van der Waals surface area contributed by atoms with Gasteiger partial charge in [0.2, 0.25) is 0 Å². The molecule has 0 aliphatic heterocycles. The Kier molecular flexibility index (Phi) is 3.89. The minimum Gasteiger partial charge on any atom is -0.386 e. The van der Waals surface area contributed by atoms with E-state index in [0.717, 1.165) is 5.56 Å². The van der Waals surface area contributed by atoms with Crippen LogP contribution in [0.25, 0.3) is 10.1 Å². The van der Waals surface area contributed by atoms with Gasteiger partial charge in [0.1, 0.15) is 0 Å². The molecule has 2 rings (SSSR count). The highest BCUT2D eigenvalue weighted by Gasteiger charge is 2.19. The van der Waals surface area contributed by atoms with Crippen molar-refractivity contribution in [1.82, 2.24) is 0 Å². The van der Waals surface area contributed by atoms with Crippen molar-refractivity contribution in [1.29, 1.82) is 0 Å². The Bertz CT molecular complexity index is 423. The molecular weight excluding hydrogens is 204 g/mol. The van der Waals surface area contributed by atoms with Crippen LogP contribution in [-0.2, 0) is 5.60 Å². The van der Waals surface area contributed by atoms with Gasteiger partial charge in [0, 0.05) is 10.3 Å². The second-order valence-electron chi connectivity index (χ2n) is 3.70. The van der Waals surface area contributed by atoms with Crippen LogP contribution < -0.4 is 0 Å². The van der Waals surface area contributed by atoms with E-state index < -0.39 is 5.60 Å². The van der Waals surface area contributed by atoms with E-state index in [2.05, 4.69) is 12.1 Å². The molecule has 15 heavy (non-hydrogen) atoms. The van der Waals surface area contributed by atoms with Gasteiger partial charge in [-0.05, 0) is 30.7 Å². The van der Waals surface area contributed by atoms with Gasteiger partial charge in [-0.25, -0.2) is 0 Å². The molecule has 0 bridgehead atoms. The average Bonchev–Trinajstić information content (AvgIpc) is 2.63. The maximum Gasteiger partial charge on any atom is 0.0854 e. The van der Waals surface area contributed by atoms with Gasteiger partial charge >= 0.3 is 0 Å². The van der Waals surface area contributed by atoms with Crippen LogP contribution >= 0.6 is 11.3 Å². The van der Waals surface area contributed by atoms with Crippen molar-refractivity contribution in [2.75, 3.05) is 0 Å². The predicted molar refractivity (Wildman–Crippen MR) is 68.4 cm³/mol. The lowest BCUT2D eigenvalue weighted by atomic mass is 9.98. The number of hydrogen-bond donors (Lipinski definition) is 1. The zero-order valence-electron chi connectivity index (χ0n) is 9.74. The minimum atomic E-state index is -0.737. The number of rotatable bonds is 1. The summed E-state index contributed by atoms with van der Waals surface area (Å²) >= 11 is 1.68. The van der Waals surface area contributed by atoms with Crippen molar-refractivity contribution in [3.05, 3.63) is 35.2 Å². The first-order valence-corrected chi connectivity index (χ1v) is 6.16. The molecule has 0 atom stereocenters. The van der Waals surface area contributed by atoms with Crippen LogP contribution in [-0.4, -0.2) is 5.11 Å². The Labute approximate surface area is 95.4 Å². The molecule has 0 saturated carbocycles. The van der Waals surface area contributed by atoms with E-state index >= 15 is 0 Å². The van der Waals surface area contributed by atoms with Gasteiger partial charge in [-0.15, -0.1) is 11.3 Å². The number of hydrogen-bond acceptors (Lipinski definition) is 2. The first-order valence-electron chi connectivity index (χ1n) is 5.28. The van der Waals surface area contributed by atoms with Gasteiger partial charge in [0.05, 0.1) is 5.60 Å². The third-order valence-electron chi connectivity index (χ3n) is 2.14. The molecule has 0 fully saturated rings. The van der Waals surface area contributed by atoms with Crippen molar-refractivity contribution >= 4 is 21.4 Å². The maximum atomic E-state index is 9.88. The van der Waals surface area contributed by atoms with E-state index in [1.54, 1.807) is 11.3 Å². The first-order chi connectivity index (χ1) is 7.09. The molecule has 1 aromatic heterocycles. The van der Waals surface area contributed by atoms with Crippen LogP contribution in [0.3, 0.4) is 0 Å². The molecule has 0 radical (unpaired) electrons. The quantitative estimate of drug-likeness (QED) is 0.768. The van der Waals surface area contributed by atoms with Crippen LogP contribution in [0.1, 0.15) is 33.3 Å². The van der Waals surface area contributed by atoms with Crippen molar-refractivity contribution in [3.8, 4) is 0 Å². The largest absolute Gasteiger partial charge is 0.386 e. The third kappa shape index (κ3) is 2.58. The summed E-state index contributed by atoms with van der Waals surface area (Å²) in [6.07, 6.45) is 0. The Hall–Kier alpha value is -0.860. The highest BCUT2D eigenvalue weighted by atomic mass is 32.1. The molecule has 1 nitrogen and oxygen atoms in total. The number of aliphatic hydroxyl groups is 1. The lowest BCUT2D eigenvalue weighted by molar-refractivity contribution is 0.0806. The van der Waals surface area contributed by atoms with Crippen LogP contribution in [0.4, 0.5) is 0 Å². The maximum absolute atomic E-state index is 9.88. The average molecular weight is 222 g/mol. The Morgan fingerprint density at radius 2 is 1.73 bits per heavy atom. The number of benzene rings is 1. The number of thiophene rings is 1. The molecule has 0 unspecified atom stereocenters. The van der Waals surface area contributed by atoms with Crippen molar-refractivity contribution < 1.29 is 5.11 Å². The summed E-state index contributed by atoms with van der Waals surface area (Å²) in [6.45, 7) is 7.64. The third-order valence-corrected chi connectivity index (χ3v) is 3.10. The molecule has 0 amide bonds. The van der Waals surface area contributed by atoms with Gasteiger partial charge in [-0.2, -0.15) is 0 Å². The van der Waals surface area contributed by atoms with Crippen molar-refractivity contribution in [3.63, 3.8) is 0 Å². The van der Waals surface area contributed by atoms with Gasteiger partial charge in [-0.1, -0.05) is 32.0 Å². The van der Waals surface area contributed by atoms with Crippen LogP contribution in [0.2, 0.25) is 0 Å². The molecule has 1 heterocycles. The van der Waals surface area contributed by atoms with E-state index in [4.69, 9.17) is 0 Å². The summed E-state index contributed by atoms with van der Waals surface area (Å²) in [7, 11) is 0. The molecular formula is C13H18OS. The Morgan fingerprint density at radius 1 is 1.13 bits per heavy atom. The van der Waals surface area contributed by atoms with E-state index in [-0.39, 0.29) is 0 Å². The first kappa shape index (κ1) is 12.2. The SMILES string of the molecule is CC.CC(C)(O)c1csc2ccccc12. The monoisotopic (exact) mass is 222 g/mol. The zero-order chi connectivity index (χ0) is 11.5. The van der Waals surface area contributed by atoms with Gasteiger partial charge < -0.3 is 5.11 Å². The smallest absolute Gasteiger partial charge is 0.0854 e. The fraction of sp³-hybridized carbons (Fsp3) is 0.385.